The summed E-state index contributed by atoms with van der Waals surface area (Å²) in [6, 6.07) is 27.1. The first-order valence-corrected chi connectivity index (χ1v) is 16.3. The molecule has 6 rings (SSSR count). The Morgan fingerprint density at radius 1 is 0.956 bits per heavy atom. The van der Waals surface area contributed by atoms with E-state index in [0.29, 0.717) is 59.8 Å². The molecule has 0 radical (unpaired) electrons. The Kier molecular flexibility index (Phi) is 8.51. The number of nitrogens with one attached hydrogen (secondary N) is 1. The summed E-state index contributed by atoms with van der Waals surface area (Å²) in [5.74, 6) is -0.352. The average Bonchev–Trinajstić information content (AvgIpc) is 3.05. The molecule has 1 amide bonds. The topological polar surface area (TPSA) is 109 Å². The monoisotopic (exact) mass is 623 g/mol. The molecule has 0 unspecified atom stereocenters. The molecule has 8 nitrogen and oxygen atoms in total. The van der Waals surface area contributed by atoms with E-state index in [1.54, 1.807) is 54.7 Å². The summed E-state index contributed by atoms with van der Waals surface area (Å²) in [7, 11) is -4.03. The average molecular weight is 624 g/mol. The lowest BCUT2D eigenvalue weighted by Gasteiger charge is -2.41. The van der Waals surface area contributed by atoms with Crippen molar-refractivity contribution in [3.05, 3.63) is 120 Å². The van der Waals surface area contributed by atoms with Crippen LogP contribution < -0.4 is 10.5 Å². The molecule has 0 bridgehead atoms. The van der Waals surface area contributed by atoms with Gasteiger partial charge in [-0.05, 0) is 72.6 Å². The Morgan fingerprint density at radius 3 is 2.47 bits per heavy atom. The van der Waals surface area contributed by atoms with E-state index in [0.717, 1.165) is 17.4 Å². The SMILES string of the molecule is CC[C@H]1CN(Cc2ccc(F)cc2)CCN1C(=O)c1ccc(NS(=O)(=O)c2ccc(N)cc2-c2cccc3cccnc23)cc1. The highest BCUT2D eigenvalue weighted by molar-refractivity contribution is 7.92. The van der Waals surface area contributed by atoms with Crippen LogP contribution >= 0.6 is 0 Å². The largest absolute Gasteiger partial charge is 0.399 e. The van der Waals surface area contributed by atoms with Crippen LogP contribution in [-0.2, 0) is 16.6 Å². The number of anilines is 2. The number of amides is 1. The molecule has 3 N–H and O–H groups in total. The van der Waals surface area contributed by atoms with Gasteiger partial charge in [0.1, 0.15) is 5.82 Å². The first-order valence-electron chi connectivity index (χ1n) is 14.9. The second-order valence-corrected chi connectivity index (χ2v) is 12.9. The minimum absolute atomic E-state index is 0.0253. The molecule has 10 heteroatoms. The quantitative estimate of drug-likeness (QED) is 0.201. The van der Waals surface area contributed by atoms with Gasteiger partial charge in [-0.2, -0.15) is 0 Å². The van der Waals surface area contributed by atoms with Crippen molar-refractivity contribution in [3.63, 3.8) is 0 Å². The standard InChI is InChI=1S/C35H34FN5O3S/c1-2-30-23-40(22-24-8-12-27(36)13-9-24)19-20-41(30)35(42)26-10-15-29(16-11-26)39-45(43,44)33-17-14-28(37)21-32(33)31-7-3-5-25-6-4-18-38-34(25)31/h3-18,21,30,39H,2,19-20,22-23,37H2,1H3/t30-/m0/s1. The molecule has 0 aliphatic carbocycles. The molecule has 2 heterocycles. The summed E-state index contributed by atoms with van der Waals surface area (Å²) in [4.78, 5) is 22.3. The maximum absolute atomic E-state index is 13.7. The van der Waals surface area contributed by atoms with Gasteiger partial charge in [0, 0.05) is 71.9 Å². The third kappa shape index (κ3) is 6.52. The van der Waals surface area contributed by atoms with Crippen LogP contribution in [0, 0.1) is 5.82 Å². The number of halogens is 1. The van der Waals surface area contributed by atoms with Crippen molar-refractivity contribution in [1.29, 1.82) is 0 Å². The summed E-state index contributed by atoms with van der Waals surface area (Å²) in [6.07, 6.45) is 2.46. The molecule has 0 spiro atoms. The lowest BCUT2D eigenvalue weighted by atomic mass is 10.0. The zero-order valence-corrected chi connectivity index (χ0v) is 25.7. The summed E-state index contributed by atoms with van der Waals surface area (Å²) in [5, 5.41) is 0.883. The van der Waals surface area contributed by atoms with Crippen LogP contribution in [0.4, 0.5) is 15.8 Å². The normalized spacial score (nSPS) is 15.7. The van der Waals surface area contributed by atoms with E-state index in [1.165, 1.54) is 18.2 Å². The number of carbonyl (C=O) groups excluding carboxylic acids is 1. The van der Waals surface area contributed by atoms with E-state index in [-0.39, 0.29) is 22.7 Å². The molecule has 230 valence electrons. The van der Waals surface area contributed by atoms with Crippen molar-refractivity contribution in [1.82, 2.24) is 14.8 Å². The van der Waals surface area contributed by atoms with Crippen molar-refractivity contribution >= 4 is 38.2 Å². The van der Waals surface area contributed by atoms with E-state index in [2.05, 4.69) is 21.5 Å². The number of sulfonamides is 1. The lowest BCUT2D eigenvalue weighted by molar-refractivity contribution is 0.0430. The minimum Gasteiger partial charge on any atom is -0.399 e. The smallest absolute Gasteiger partial charge is 0.262 e. The van der Waals surface area contributed by atoms with Crippen LogP contribution in [0.5, 0.6) is 0 Å². The van der Waals surface area contributed by atoms with Gasteiger partial charge >= 0.3 is 0 Å². The molecule has 0 saturated carbocycles. The summed E-state index contributed by atoms with van der Waals surface area (Å²) in [5.41, 5.74) is 10.2. The number of hydrogen-bond acceptors (Lipinski definition) is 6. The van der Waals surface area contributed by atoms with E-state index < -0.39 is 10.0 Å². The third-order valence-electron chi connectivity index (χ3n) is 8.22. The maximum atomic E-state index is 13.7. The molecule has 1 saturated heterocycles. The number of benzene rings is 4. The number of fused-ring (bicyclic) bond motifs is 1. The van der Waals surface area contributed by atoms with Crippen LogP contribution in [0.2, 0.25) is 0 Å². The molecular formula is C35H34FN5O3S. The van der Waals surface area contributed by atoms with Crippen molar-refractivity contribution < 1.29 is 17.6 Å². The number of piperazine rings is 1. The van der Waals surface area contributed by atoms with Crippen LogP contribution in [0.25, 0.3) is 22.0 Å². The molecule has 1 aliphatic rings. The van der Waals surface area contributed by atoms with Crippen molar-refractivity contribution in [2.45, 2.75) is 30.8 Å². The molecule has 45 heavy (non-hydrogen) atoms. The van der Waals surface area contributed by atoms with E-state index in [9.17, 15) is 17.6 Å². The molecule has 4 aromatic carbocycles. The van der Waals surface area contributed by atoms with Gasteiger partial charge in [0.2, 0.25) is 0 Å². The zero-order chi connectivity index (χ0) is 31.6. The number of nitrogens with two attached hydrogens (primary N) is 1. The number of aromatic nitrogens is 1. The first kappa shape index (κ1) is 30.2. The summed E-state index contributed by atoms with van der Waals surface area (Å²) >= 11 is 0. The fourth-order valence-electron chi connectivity index (χ4n) is 5.90. The van der Waals surface area contributed by atoms with Gasteiger partial charge in [-0.15, -0.1) is 0 Å². The van der Waals surface area contributed by atoms with Crippen LogP contribution in [0.15, 0.2) is 108 Å². The minimum atomic E-state index is -4.03. The second kappa shape index (κ2) is 12.7. The van der Waals surface area contributed by atoms with Gasteiger partial charge in [0.25, 0.3) is 15.9 Å². The molecular weight excluding hydrogens is 589 g/mol. The summed E-state index contributed by atoms with van der Waals surface area (Å²) < 4.78 is 43.4. The van der Waals surface area contributed by atoms with Crippen LogP contribution in [-0.4, -0.2) is 54.8 Å². The van der Waals surface area contributed by atoms with E-state index in [1.807, 2.05) is 35.2 Å². The fraction of sp³-hybridized carbons (Fsp3) is 0.200. The highest BCUT2D eigenvalue weighted by atomic mass is 32.2. The van der Waals surface area contributed by atoms with Gasteiger partial charge < -0.3 is 10.6 Å². The lowest BCUT2D eigenvalue weighted by Crippen LogP contribution is -2.54. The Balaban J connectivity index is 1.18. The number of nitrogen functional groups attached to an aromatic ring is 1. The molecule has 1 aliphatic heterocycles. The Labute approximate surface area is 262 Å². The Morgan fingerprint density at radius 2 is 1.71 bits per heavy atom. The number of nitrogens with zero attached hydrogens (tertiary/aromatic N) is 3. The predicted molar refractivity (Wildman–Crippen MR) is 176 cm³/mol. The van der Waals surface area contributed by atoms with Gasteiger partial charge in [0.15, 0.2) is 0 Å². The molecule has 1 atom stereocenters. The van der Waals surface area contributed by atoms with Crippen molar-refractivity contribution in [3.8, 4) is 11.1 Å². The van der Waals surface area contributed by atoms with Crippen molar-refractivity contribution in [2.24, 2.45) is 0 Å². The summed E-state index contributed by atoms with van der Waals surface area (Å²) in [6.45, 7) is 4.74. The molecule has 5 aromatic rings. The zero-order valence-electron chi connectivity index (χ0n) is 24.9. The highest BCUT2D eigenvalue weighted by Crippen LogP contribution is 2.34. The van der Waals surface area contributed by atoms with E-state index in [4.69, 9.17) is 5.73 Å². The number of pyridine rings is 1. The highest BCUT2D eigenvalue weighted by Gasteiger charge is 2.30. The fourth-order valence-corrected chi connectivity index (χ4v) is 7.16. The first-order chi connectivity index (χ1) is 21.7. The molecule has 1 fully saturated rings. The number of carbonyl (C=O) groups is 1. The third-order valence-corrected chi connectivity index (χ3v) is 9.66. The van der Waals surface area contributed by atoms with Crippen LogP contribution in [0.3, 0.4) is 0 Å². The van der Waals surface area contributed by atoms with Crippen molar-refractivity contribution in [2.75, 3.05) is 30.1 Å². The number of para-hydroxylation sites is 1. The maximum Gasteiger partial charge on any atom is 0.262 e. The Hall–Kier alpha value is -4.80. The number of hydrogen-bond donors (Lipinski definition) is 2. The van der Waals surface area contributed by atoms with Gasteiger partial charge in [-0.3, -0.25) is 19.4 Å². The van der Waals surface area contributed by atoms with Gasteiger partial charge in [0.05, 0.1) is 10.4 Å². The second-order valence-electron chi connectivity index (χ2n) is 11.2. The Bertz CT molecular complexity index is 1940. The van der Waals surface area contributed by atoms with Gasteiger partial charge in [-0.25, -0.2) is 12.8 Å². The van der Waals surface area contributed by atoms with Crippen LogP contribution in [0.1, 0.15) is 29.3 Å². The number of rotatable bonds is 8. The molecule has 1 aromatic heterocycles. The predicted octanol–water partition coefficient (Wildman–Crippen LogP) is 6.16. The van der Waals surface area contributed by atoms with E-state index >= 15 is 0 Å². The van der Waals surface area contributed by atoms with Gasteiger partial charge in [-0.1, -0.05) is 43.3 Å².